The van der Waals surface area contributed by atoms with Crippen LogP contribution in [-0.2, 0) is 19.5 Å². The van der Waals surface area contributed by atoms with E-state index in [2.05, 4.69) is 15.0 Å². The minimum Gasteiger partial charge on any atom is -0.423 e. The van der Waals surface area contributed by atoms with Gasteiger partial charge in [0, 0.05) is 37.7 Å². The van der Waals surface area contributed by atoms with Gasteiger partial charge >= 0.3 is 0 Å². The highest BCUT2D eigenvalue weighted by atomic mass is 16.4. The van der Waals surface area contributed by atoms with Gasteiger partial charge < -0.3 is 9.32 Å². The second-order valence-electron chi connectivity index (χ2n) is 5.81. The molecule has 6 heteroatoms. The van der Waals surface area contributed by atoms with E-state index in [1.165, 1.54) is 0 Å². The predicted octanol–water partition coefficient (Wildman–Crippen LogP) is 2.36. The quantitative estimate of drug-likeness (QED) is 0.743. The highest BCUT2D eigenvalue weighted by molar-refractivity contribution is 5.74. The molecule has 0 unspecified atom stereocenters. The van der Waals surface area contributed by atoms with E-state index in [1.807, 2.05) is 31.2 Å². The summed E-state index contributed by atoms with van der Waals surface area (Å²) in [6.45, 7) is 4.11. The molecule has 0 aliphatic carbocycles. The van der Waals surface area contributed by atoms with Crippen LogP contribution in [0.1, 0.15) is 24.6 Å². The van der Waals surface area contributed by atoms with E-state index in [4.69, 9.17) is 4.42 Å². The van der Waals surface area contributed by atoms with Gasteiger partial charge in [-0.25, -0.2) is 4.68 Å². The van der Waals surface area contributed by atoms with Crippen LogP contribution < -0.4 is 10.5 Å². The zero-order valence-electron chi connectivity index (χ0n) is 13.0. The van der Waals surface area contributed by atoms with E-state index in [1.54, 1.807) is 10.7 Å². The van der Waals surface area contributed by atoms with Gasteiger partial charge in [0.1, 0.15) is 5.52 Å². The molecular weight excluding hydrogens is 292 g/mol. The monoisotopic (exact) mass is 310 g/mol. The smallest absolute Gasteiger partial charge is 0.298 e. The molecule has 23 heavy (non-hydrogen) atoms. The first kappa shape index (κ1) is 14.0. The van der Waals surface area contributed by atoms with E-state index in [0.717, 1.165) is 41.7 Å². The normalized spacial score (nSPS) is 14.2. The Morgan fingerprint density at radius 2 is 2.17 bits per heavy atom. The van der Waals surface area contributed by atoms with Gasteiger partial charge in [0.15, 0.2) is 5.58 Å². The summed E-state index contributed by atoms with van der Waals surface area (Å²) in [5, 5.41) is 4.50. The molecule has 118 valence electrons. The predicted molar refractivity (Wildman–Crippen MR) is 87.6 cm³/mol. The number of nitrogens with zero attached hydrogens (tertiary/aromatic N) is 4. The number of benzene rings is 1. The molecule has 6 nitrogen and oxygen atoms in total. The van der Waals surface area contributed by atoms with Crippen molar-refractivity contribution in [2.24, 2.45) is 0 Å². The summed E-state index contributed by atoms with van der Waals surface area (Å²) >= 11 is 0. The maximum atomic E-state index is 12.1. The van der Waals surface area contributed by atoms with Gasteiger partial charge in [-0.1, -0.05) is 19.1 Å². The second kappa shape index (κ2) is 5.53. The Morgan fingerprint density at radius 3 is 3.00 bits per heavy atom. The summed E-state index contributed by atoms with van der Waals surface area (Å²) in [6, 6.07) is 10.0. The lowest BCUT2D eigenvalue weighted by molar-refractivity contribution is 0.520. The molecule has 0 bridgehead atoms. The van der Waals surface area contributed by atoms with Crippen LogP contribution in [-0.4, -0.2) is 21.3 Å². The Balaban J connectivity index is 1.65. The minimum absolute atomic E-state index is 0.0370. The lowest BCUT2D eigenvalue weighted by Gasteiger charge is -2.26. The first-order chi connectivity index (χ1) is 11.2. The van der Waals surface area contributed by atoms with Crippen LogP contribution in [0.25, 0.3) is 11.1 Å². The molecule has 2 aromatic heterocycles. The molecule has 0 saturated heterocycles. The lowest BCUT2D eigenvalue weighted by Crippen LogP contribution is -2.35. The van der Waals surface area contributed by atoms with Crippen LogP contribution in [0, 0.1) is 0 Å². The van der Waals surface area contributed by atoms with Crippen molar-refractivity contribution < 1.29 is 4.42 Å². The highest BCUT2D eigenvalue weighted by Gasteiger charge is 2.22. The Bertz CT molecular complexity index is 879. The number of aromatic nitrogens is 3. The molecule has 0 N–H and O–H groups in total. The van der Waals surface area contributed by atoms with Crippen molar-refractivity contribution in [2.45, 2.75) is 32.9 Å². The molecule has 0 saturated carbocycles. The Labute approximate surface area is 133 Å². The van der Waals surface area contributed by atoms with Crippen molar-refractivity contribution >= 4 is 17.1 Å². The Hall–Kier alpha value is -2.63. The van der Waals surface area contributed by atoms with E-state index in [0.29, 0.717) is 19.1 Å². The average Bonchev–Trinajstić information content (AvgIpc) is 2.99. The summed E-state index contributed by atoms with van der Waals surface area (Å²) in [5.74, 6) is 0. The summed E-state index contributed by atoms with van der Waals surface area (Å²) in [4.78, 5) is 18.7. The van der Waals surface area contributed by atoms with Crippen LogP contribution >= 0.6 is 0 Å². The summed E-state index contributed by atoms with van der Waals surface area (Å²) in [6.07, 6.45) is 1.69. The highest BCUT2D eigenvalue weighted by Crippen LogP contribution is 2.25. The molecule has 0 amide bonds. The van der Waals surface area contributed by atoms with Gasteiger partial charge in [0.25, 0.3) is 11.6 Å². The van der Waals surface area contributed by atoms with E-state index < -0.39 is 0 Å². The van der Waals surface area contributed by atoms with Crippen LogP contribution in [0.2, 0.25) is 0 Å². The third kappa shape index (κ3) is 2.50. The third-order valence-corrected chi connectivity index (χ3v) is 4.13. The molecule has 0 atom stereocenters. The molecular formula is C17H18N4O2. The summed E-state index contributed by atoms with van der Waals surface area (Å²) < 4.78 is 7.39. The van der Waals surface area contributed by atoms with Crippen LogP contribution in [0.15, 0.2) is 39.5 Å². The van der Waals surface area contributed by atoms with Crippen LogP contribution in [0.5, 0.6) is 0 Å². The van der Waals surface area contributed by atoms with Crippen molar-refractivity contribution in [2.75, 3.05) is 11.4 Å². The molecule has 1 aliphatic heterocycles. The maximum Gasteiger partial charge on any atom is 0.298 e. The van der Waals surface area contributed by atoms with E-state index in [-0.39, 0.29) is 5.56 Å². The van der Waals surface area contributed by atoms with Gasteiger partial charge in [0.05, 0.1) is 5.69 Å². The fourth-order valence-corrected chi connectivity index (χ4v) is 2.97. The van der Waals surface area contributed by atoms with Crippen LogP contribution in [0.4, 0.5) is 6.01 Å². The molecule has 1 aliphatic rings. The molecule has 1 aromatic carbocycles. The van der Waals surface area contributed by atoms with Crippen molar-refractivity contribution in [1.82, 2.24) is 14.8 Å². The van der Waals surface area contributed by atoms with E-state index >= 15 is 0 Å². The van der Waals surface area contributed by atoms with Crippen molar-refractivity contribution in [3.63, 3.8) is 0 Å². The standard InChI is InChI=1S/C17H18N4O2/c1-2-8-21-16(22)10-12-11-20(9-7-13(12)19-21)17-18-14-5-3-4-6-15(14)23-17/h3-6,10H,2,7-9,11H2,1H3. The Morgan fingerprint density at radius 1 is 1.30 bits per heavy atom. The fourth-order valence-electron chi connectivity index (χ4n) is 2.97. The third-order valence-electron chi connectivity index (χ3n) is 4.13. The first-order valence-electron chi connectivity index (χ1n) is 7.95. The number of fused-ring (bicyclic) bond motifs is 2. The average molecular weight is 310 g/mol. The fraction of sp³-hybridized carbons (Fsp3) is 0.353. The molecule has 3 heterocycles. The van der Waals surface area contributed by atoms with Gasteiger partial charge in [-0.2, -0.15) is 10.1 Å². The van der Waals surface area contributed by atoms with Gasteiger partial charge in [-0.05, 0) is 18.6 Å². The molecule has 4 rings (SSSR count). The SMILES string of the molecule is CCCn1nc2c(cc1=O)CN(c1nc3ccccc3o1)CC2. The number of para-hydroxylation sites is 2. The van der Waals surface area contributed by atoms with Gasteiger partial charge in [-0.15, -0.1) is 0 Å². The van der Waals surface area contributed by atoms with Gasteiger partial charge in [0.2, 0.25) is 0 Å². The lowest BCUT2D eigenvalue weighted by atomic mass is 10.1. The molecule has 0 fully saturated rings. The number of hydrogen-bond donors (Lipinski definition) is 0. The number of hydrogen-bond acceptors (Lipinski definition) is 5. The van der Waals surface area contributed by atoms with Gasteiger partial charge in [-0.3, -0.25) is 4.79 Å². The molecule has 0 spiro atoms. The number of anilines is 1. The van der Waals surface area contributed by atoms with Crippen molar-refractivity contribution in [3.8, 4) is 0 Å². The topological polar surface area (TPSA) is 64.2 Å². The van der Waals surface area contributed by atoms with E-state index in [9.17, 15) is 4.79 Å². The number of rotatable bonds is 3. The zero-order valence-corrected chi connectivity index (χ0v) is 13.0. The van der Waals surface area contributed by atoms with Crippen LogP contribution in [0.3, 0.4) is 0 Å². The number of aryl methyl sites for hydroxylation is 1. The zero-order chi connectivity index (χ0) is 15.8. The summed E-state index contributed by atoms with van der Waals surface area (Å²) in [7, 11) is 0. The first-order valence-corrected chi connectivity index (χ1v) is 7.95. The molecule has 0 radical (unpaired) electrons. The van der Waals surface area contributed by atoms with Crippen molar-refractivity contribution in [3.05, 3.63) is 51.9 Å². The number of oxazole rings is 1. The second-order valence-corrected chi connectivity index (χ2v) is 5.81. The largest absolute Gasteiger partial charge is 0.423 e. The summed E-state index contributed by atoms with van der Waals surface area (Å²) in [5.41, 5.74) is 3.57. The Kier molecular flexibility index (Phi) is 3.37. The van der Waals surface area contributed by atoms with Crippen molar-refractivity contribution in [1.29, 1.82) is 0 Å². The molecule has 3 aromatic rings. The minimum atomic E-state index is -0.0370. The maximum absolute atomic E-state index is 12.1.